The molecule has 1 rings (SSSR count). The van der Waals surface area contributed by atoms with Gasteiger partial charge in [0.2, 0.25) is 0 Å². The predicted molar refractivity (Wildman–Crippen MR) is 78.3 cm³/mol. The highest BCUT2D eigenvalue weighted by molar-refractivity contribution is 5.96. The molecule has 0 atom stereocenters. The number of alkyl halides is 3. The van der Waals surface area contributed by atoms with E-state index in [0.29, 0.717) is 5.56 Å². The number of carbonyl (C=O) groups excluding carboxylic acids is 3. The van der Waals surface area contributed by atoms with Gasteiger partial charge >= 0.3 is 12.1 Å². The largest absolute Gasteiger partial charge is 0.454 e. The number of benzene rings is 1. The van der Waals surface area contributed by atoms with E-state index in [-0.39, 0.29) is 0 Å². The maximum atomic E-state index is 11.9. The van der Waals surface area contributed by atoms with E-state index < -0.39 is 43.7 Å². The second-order valence-corrected chi connectivity index (χ2v) is 5.03. The Morgan fingerprint density at radius 1 is 1.08 bits per heavy atom. The maximum absolute atomic E-state index is 11.9. The third-order valence-corrected chi connectivity index (χ3v) is 3.01. The van der Waals surface area contributed by atoms with E-state index in [9.17, 15) is 27.6 Å². The van der Waals surface area contributed by atoms with Gasteiger partial charge in [0.1, 0.15) is 13.1 Å². The lowest BCUT2D eigenvalue weighted by Gasteiger charge is -2.09. The zero-order valence-electron chi connectivity index (χ0n) is 13.1. The molecule has 24 heavy (non-hydrogen) atoms. The first-order valence-electron chi connectivity index (χ1n) is 6.93. The summed E-state index contributed by atoms with van der Waals surface area (Å²) < 4.78 is 40.1. The molecule has 0 heterocycles. The lowest BCUT2D eigenvalue weighted by molar-refractivity contribution is -0.150. The number of ether oxygens (including phenoxy) is 1. The van der Waals surface area contributed by atoms with E-state index in [1.165, 1.54) is 0 Å². The molecular weight excluding hydrogens is 329 g/mol. The van der Waals surface area contributed by atoms with Crippen LogP contribution >= 0.6 is 0 Å². The molecule has 2 amide bonds. The Labute approximate surface area is 136 Å². The lowest BCUT2D eigenvalue weighted by atomic mass is 10.1. The smallest absolute Gasteiger partial charge is 0.405 e. The lowest BCUT2D eigenvalue weighted by Crippen LogP contribution is -2.37. The Kier molecular flexibility index (Phi) is 6.75. The van der Waals surface area contributed by atoms with Crippen molar-refractivity contribution in [1.82, 2.24) is 10.6 Å². The Morgan fingerprint density at radius 3 is 2.33 bits per heavy atom. The first kappa shape index (κ1) is 19.5. The molecule has 0 saturated heterocycles. The number of nitrogens with one attached hydrogen (secondary N) is 2. The van der Waals surface area contributed by atoms with Crippen molar-refractivity contribution in [2.75, 3.05) is 19.7 Å². The predicted octanol–water partition coefficient (Wildman–Crippen LogP) is 1.25. The van der Waals surface area contributed by atoms with Gasteiger partial charge in [-0.25, -0.2) is 0 Å². The summed E-state index contributed by atoms with van der Waals surface area (Å²) >= 11 is 0. The van der Waals surface area contributed by atoms with Crippen LogP contribution in [0, 0.1) is 13.8 Å². The molecule has 0 aromatic heterocycles. The first-order valence-corrected chi connectivity index (χ1v) is 6.93. The van der Waals surface area contributed by atoms with Crippen LogP contribution in [0.5, 0.6) is 0 Å². The van der Waals surface area contributed by atoms with Gasteiger partial charge < -0.3 is 15.4 Å². The summed E-state index contributed by atoms with van der Waals surface area (Å²) in [6.45, 7) is 0.859. The number of halogens is 3. The molecule has 0 unspecified atom stereocenters. The van der Waals surface area contributed by atoms with E-state index in [1.54, 1.807) is 23.5 Å². The van der Waals surface area contributed by atoms with Crippen LogP contribution < -0.4 is 10.6 Å². The minimum Gasteiger partial charge on any atom is -0.454 e. The molecule has 0 saturated carbocycles. The fraction of sp³-hybridized carbons (Fsp3) is 0.400. The monoisotopic (exact) mass is 346 g/mol. The highest BCUT2D eigenvalue weighted by atomic mass is 19.4. The van der Waals surface area contributed by atoms with Crippen LogP contribution in [-0.2, 0) is 14.3 Å². The topological polar surface area (TPSA) is 84.5 Å². The number of carbonyl (C=O) groups is 3. The molecule has 0 spiro atoms. The van der Waals surface area contributed by atoms with Gasteiger partial charge in [0.15, 0.2) is 6.61 Å². The Bertz CT molecular complexity index is 630. The summed E-state index contributed by atoms with van der Waals surface area (Å²) in [4.78, 5) is 34.3. The van der Waals surface area contributed by atoms with Gasteiger partial charge in [-0.05, 0) is 37.1 Å². The molecule has 9 heteroatoms. The van der Waals surface area contributed by atoms with Crippen LogP contribution in [0.1, 0.15) is 21.5 Å². The average Bonchev–Trinajstić information content (AvgIpc) is 2.50. The summed E-state index contributed by atoms with van der Waals surface area (Å²) in [6, 6.07) is 5.00. The summed E-state index contributed by atoms with van der Waals surface area (Å²) in [5.41, 5.74) is 2.27. The molecular formula is C15H17F3N2O4. The number of hydrogen-bond donors (Lipinski definition) is 2. The third kappa shape index (κ3) is 7.12. The van der Waals surface area contributed by atoms with Crippen LogP contribution in [0.3, 0.4) is 0 Å². The number of hydrogen-bond acceptors (Lipinski definition) is 4. The molecule has 0 aliphatic rings. The normalized spacial score (nSPS) is 10.9. The molecule has 0 fully saturated rings. The van der Waals surface area contributed by atoms with Crippen molar-refractivity contribution in [2.24, 2.45) is 0 Å². The summed E-state index contributed by atoms with van der Waals surface area (Å²) in [7, 11) is 0. The van der Waals surface area contributed by atoms with Crippen molar-refractivity contribution in [3.63, 3.8) is 0 Å². The maximum Gasteiger partial charge on any atom is 0.405 e. The van der Waals surface area contributed by atoms with Gasteiger partial charge in [0, 0.05) is 5.56 Å². The van der Waals surface area contributed by atoms with Crippen LogP contribution in [0.2, 0.25) is 0 Å². The highest BCUT2D eigenvalue weighted by Gasteiger charge is 2.27. The standard InChI is InChI=1S/C15H17F3N2O4/c1-9-3-4-11(5-10(9)2)14(23)19-6-13(22)24-7-12(21)20-8-15(16,17)18/h3-5H,6-8H2,1-2H3,(H,19,23)(H,20,21). The third-order valence-electron chi connectivity index (χ3n) is 3.01. The molecule has 0 radical (unpaired) electrons. The number of amides is 2. The van der Waals surface area contributed by atoms with Crippen molar-refractivity contribution >= 4 is 17.8 Å². The fourth-order valence-electron chi connectivity index (χ4n) is 1.58. The van der Waals surface area contributed by atoms with E-state index in [2.05, 4.69) is 10.1 Å². The molecule has 0 aliphatic carbocycles. The van der Waals surface area contributed by atoms with Crippen molar-refractivity contribution in [3.8, 4) is 0 Å². The molecule has 6 nitrogen and oxygen atoms in total. The van der Waals surface area contributed by atoms with Crippen LogP contribution in [-0.4, -0.2) is 43.7 Å². The zero-order chi connectivity index (χ0) is 18.3. The van der Waals surface area contributed by atoms with Crippen LogP contribution in [0.25, 0.3) is 0 Å². The molecule has 0 aliphatic heterocycles. The minimum atomic E-state index is -4.54. The SMILES string of the molecule is Cc1ccc(C(=O)NCC(=O)OCC(=O)NCC(F)(F)F)cc1C. The second-order valence-electron chi connectivity index (χ2n) is 5.03. The summed E-state index contributed by atoms with van der Waals surface area (Å²) in [5, 5.41) is 3.85. The summed E-state index contributed by atoms with van der Waals surface area (Å²) in [6.07, 6.45) is -4.54. The van der Waals surface area contributed by atoms with E-state index in [0.717, 1.165) is 11.1 Å². The Balaban J connectivity index is 2.34. The molecule has 132 valence electrons. The van der Waals surface area contributed by atoms with Gasteiger partial charge in [-0.1, -0.05) is 6.07 Å². The average molecular weight is 346 g/mol. The van der Waals surface area contributed by atoms with Crippen molar-refractivity contribution in [2.45, 2.75) is 20.0 Å². The van der Waals surface area contributed by atoms with Crippen molar-refractivity contribution < 1.29 is 32.3 Å². The van der Waals surface area contributed by atoms with E-state index in [4.69, 9.17) is 0 Å². The zero-order valence-corrected chi connectivity index (χ0v) is 13.1. The Morgan fingerprint density at radius 2 is 1.75 bits per heavy atom. The number of aryl methyl sites for hydroxylation is 2. The van der Waals surface area contributed by atoms with E-state index in [1.807, 2.05) is 13.8 Å². The van der Waals surface area contributed by atoms with Gasteiger partial charge in [-0.3, -0.25) is 14.4 Å². The van der Waals surface area contributed by atoms with Gasteiger partial charge in [0.05, 0.1) is 0 Å². The molecule has 1 aromatic rings. The summed E-state index contributed by atoms with van der Waals surface area (Å²) in [5.74, 6) is -2.52. The van der Waals surface area contributed by atoms with Crippen LogP contribution in [0.15, 0.2) is 18.2 Å². The molecule has 0 bridgehead atoms. The highest BCUT2D eigenvalue weighted by Crippen LogP contribution is 2.12. The van der Waals surface area contributed by atoms with E-state index >= 15 is 0 Å². The van der Waals surface area contributed by atoms with Gasteiger partial charge in [0.25, 0.3) is 11.8 Å². The number of rotatable bonds is 6. The molecule has 1 aromatic carbocycles. The van der Waals surface area contributed by atoms with Crippen LogP contribution in [0.4, 0.5) is 13.2 Å². The molecule has 2 N–H and O–H groups in total. The fourth-order valence-corrected chi connectivity index (χ4v) is 1.58. The first-order chi connectivity index (χ1) is 11.1. The number of esters is 1. The minimum absolute atomic E-state index is 0.355. The van der Waals surface area contributed by atoms with Crippen molar-refractivity contribution in [1.29, 1.82) is 0 Å². The quantitative estimate of drug-likeness (QED) is 0.760. The van der Waals surface area contributed by atoms with Crippen molar-refractivity contribution in [3.05, 3.63) is 34.9 Å². The Hall–Kier alpha value is -2.58. The van der Waals surface area contributed by atoms with Gasteiger partial charge in [-0.2, -0.15) is 13.2 Å². The second kappa shape index (κ2) is 8.32. The van der Waals surface area contributed by atoms with Gasteiger partial charge in [-0.15, -0.1) is 0 Å².